The van der Waals surface area contributed by atoms with E-state index in [1.165, 1.54) is 141 Å². The summed E-state index contributed by atoms with van der Waals surface area (Å²) in [6.45, 7) is 5.20. The Morgan fingerprint density at radius 2 is 1.04 bits per heavy atom. The first kappa shape index (κ1) is 50.9. The van der Waals surface area contributed by atoms with Crippen LogP contribution in [0.5, 0.6) is 0 Å². The molecule has 1 aromatic heterocycles. The van der Waals surface area contributed by atoms with Gasteiger partial charge in [-0.3, -0.25) is 9.59 Å². The van der Waals surface area contributed by atoms with Crippen LogP contribution in [0.15, 0.2) is 12.4 Å². The zero-order valence-electron chi connectivity index (χ0n) is 34.1. The van der Waals surface area contributed by atoms with Gasteiger partial charge < -0.3 is 37.9 Å². The standard InChI is InChI=1S/C43H80N4O5.ClH/c1-3-5-7-9-11-13-15-17-19-21-23-25-27-29-35-51-41(48)32-31-39(47-42(49)38(44)37-40-45-33-34-46-40)43(50)52-36-30-28-26-24-22-20-18-16-14-12-10-8-6-4-2;/h33-34,38-39H,3-32,35-37,44H2,1-2H3,(H,45,46)(H,47,49);1H/p-1/t38-,39+;/m0./s1. The summed E-state index contributed by atoms with van der Waals surface area (Å²) in [4.78, 5) is 45.5. The highest BCUT2D eigenvalue weighted by Crippen LogP contribution is 2.15. The van der Waals surface area contributed by atoms with E-state index in [4.69, 9.17) is 15.2 Å². The van der Waals surface area contributed by atoms with Gasteiger partial charge in [0.1, 0.15) is 11.9 Å². The fraction of sp³-hybridized carbons (Fsp3) is 0.860. The van der Waals surface area contributed by atoms with Gasteiger partial charge in [0.15, 0.2) is 0 Å². The maximum atomic E-state index is 13.0. The second kappa shape index (κ2) is 38.2. The predicted octanol–water partition coefficient (Wildman–Crippen LogP) is 7.60. The lowest BCUT2D eigenvalue weighted by Gasteiger charge is -2.19. The Labute approximate surface area is 330 Å². The second-order valence-corrected chi connectivity index (χ2v) is 15.0. The first-order valence-corrected chi connectivity index (χ1v) is 21.8. The Hall–Kier alpha value is -2.13. The molecule has 0 fully saturated rings. The van der Waals surface area contributed by atoms with E-state index < -0.39 is 24.0 Å². The molecule has 10 heteroatoms. The van der Waals surface area contributed by atoms with Crippen molar-refractivity contribution < 1.29 is 36.3 Å². The van der Waals surface area contributed by atoms with Crippen molar-refractivity contribution in [3.8, 4) is 0 Å². The molecule has 0 radical (unpaired) electrons. The Morgan fingerprint density at radius 3 is 1.43 bits per heavy atom. The van der Waals surface area contributed by atoms with E-state index >= 15 is 0 Å². The molecule has 1 heterocycles. The zero-order chi connectivity index (χ0) is 37.7. The second-order valence-electron chi connectivity index (χ2n) is 15.0. The number of carbonyl (C=O) groups is 3. The molecule has 1 amide bonds. The van der Waals surface area contributed by atoms with Crippen LogP contribution in [0.2, 0.25) is 0 Å². The Kier molecular flexibility index (Phi) is 36.6. The Morgan fingerprint density at radius 1 is 0.642 bits per heavy atom. The summed E-state index contributed by atoms with van der Waals surface area (Å²) in [5.74, 6) is -0.793. The number of rotatable bonds is 38. The first-order valence-electron chi connectivity index (χ1n) is 21.8. The number of aromatic nitrogens is 2. The van der Waals surface area contributed by atoms with E-state index in [9.17, 15) is 14.4 Å². The van der Waals surface area contributed by atoms with Crippen LogP contribution < -0.4 is 23.5 Å². The lowest BCUT2D eigenvalue weighted by molar-refractivity contribution is -0.149. The first-order chi connectivity index (χ1) is 25.5. The summed E-state index contributed by atoms with van der Waals surface area (Å²) in [6, 6.07) is -1.85. The van der Waals surface area contributed by atoms with Crippen molar-refractivity contribution in [1.29, 1.82) is 0 Å². The summed E-state index contributed by atoms with van der Waals surface area (Å²) in [6.07, 6.45) is 39.0. The molecule has 4 N–H and O–H groups in total. The topological polar surface area (TPSA) is 136 Å². The van der Waals surface area contributed by atoms with E-state index in [0.717, 1.165) is 38.5 Å². The zero-order valence-corrected chi connectivity index (χ0v) is 34.8. The molecule has 0 aliphatic carbocycles. The highest BCUT2D eigenvalue weighted by molar-refractivity contribution is 5.87. The number of carbonyl (C=O) groups excluding carboxylic acids is 3. The van der Waals surface area contributed by atoms with Crippen LogP contribution in [0.1, 0.15) is 212 Å². The number of ether oxygens (including phenoxy) is 2. The van der Waals surface area contributed by atoms with Crippen LogP contribution in [0.3, 0.4) is 0 Å². The lowest BCUT2D eigenvalue weighted by Crippen LogP contribution is -3.00. The minimum atomic E-state index is -0.963. The Balaban J connectivity index is 0.0000270. The molecule has 0 aliphatic rings. The average molecular weight is 769 g/mol. The predicted molar refractivity (Wildman–Crippen MR) is 214 cm³/mol. The number of nitrogens with one attached hydrogen (secondary N) is 2. The van der Waals surface area contributed by atoms with Crippen LogP contribution >= 0.6 is 0 Å². The molecule has 53 heavy (non-hydrogen) atoms. The van der Waals surface area contributed by atoms with Gasteiger partial charge in [-0.1, -0.05) is 181 Å². The molecule has 0 saturated heterocycles. The number of nitrogens with two attached hydrogens (primary N) is 1. The monoisotopic (exact) mass is 768 g/mol. The number of halogens is 1. The molecule has 0 unspecified atom stereocenters. The van der Waals surface area contributed by atoms with Gasteiger partial charge in [0.2, 0.25) is 5.91 Å². The number of nitrogens with zero attached hydrogens (tertiary/aromatic N) is 1. The van der Waals surface area contributed by atoms with Crippen molar-refractivity contribution in [2.45, 2.75) is 225 Å². The minimum Gasteiger partial charge on any atom is -1.00 e. The van der Waals surface area contributed by atoms with Crippen molar-refractivity contribution in [2.24, 2.45) is 5.73 Å². The number of aromatic amines is 1. The van der Waals surface area contributed by atoms with Gasteiger partial charge in [0.25, 0.3) is 0 Å². The van der Waals surface area contributed by atoms with Crippen molar-refractivity contribution >= 4 is 17.8 Å². The number of amides is 1. The van der Waals surface area contributed by atoms with Crippen molar-refractivity contribution in [2.75, 3.05) is 13.2 Å². The summed E-state index contributed by atoms with van der Waals surface area (Å²) in [5.41, 5.74) is 6.10. The largest absolute Gasteiger partial charge is 1.00 e. The van der Waals surface area contributed by atoms with Gasteiger partial charge in [0.05, 0.1) is 19.3 Å². The number of unbranched alkanes of at least 4 members (excludes halogenated alkanes) is 26. The van der Waals surface area contributed by atoms with Gasteiger partial charge in [-0.05, 0) is 19.3 Å². The smallest absolute Gasteiger partial charge is 0.328 e. The van der Waals surface area contributed by atoms with E-state index in [1.807, 2.05) is 0 Å². The van der Waals surface area contributed by atoms with Gasteiger partial charge in [-0.15, -0.1) is 0 Å². The quantitative estimate of drug-likeness (QED) is 0.0466. The molecule has 9 nitrogen and oxygen atoms in total. The van der Waals surface area contributed by atoms with Gasteiger partial charge >= 0.3 is 11.9 Å². The third-order valence-corrected chi connectivity index (χ3v) is 10.0. The normalized spacial score (nSPS) is 12.2. The maximum absolute atomic E-state index is 13.0. The van der Waals surface area contributed by atoms with Crippen LogP contribution in [-0.4, -0.2) is 53.1 Å². The van der Waals surface area contributed by atoms with Crippen LogP contribution in [0.4, 0.5) is 0 Å². The Bertz CT molecular complexity index is 964. The summed E-state index contributed by atoms with van der Waals surface area (Å²) in [5, 5.41) is 2.72. The minimum absolute atomic E-state index is 0. The molecule has 1 aromatic rings. The SMILES string of the molecule is CCCCCCCCCCCCCCCCOC(=O)CC[C@@H](NC(=O)[C@@H](N)Cc1ncc[nH]1)C(=O)OCCCCCCCCCCCCCCCC.[Cl-]. The van der Waals surface area contributed by atoms with E-state index in [-0.39, 0.29) is 37.6 Å². The van der Waals surface area contributed by atoms with Crippen molar-refractivity contribution in [3.05, 3.63) is 18.2 Å². The molecule has 0 aliphatic heterocycles. The van der Waals surface area contributed by atoms with Gasteiger partial charge in [0, 0.05) is 25.2 Å². The maximum Gasteiger partial charge on any atom is 0.328 e. The molecule has 2 atom stereocenters. The number of imidazole rings is 1. The van der Waals surface area contributed by atoms with E-state index in [2.05, 4.69) is 29.1 Å². The highest BCUT2D eigenvalue weighted by Gasteiger charge is 2.26. The van der Waals surface area contributed by atoms with Gasteiger partial charge in [-0.2, -0.15) is 0 Å². The van der Waals surface area contributed by atoms with E-state index in [1.54, 1.807) is 12.4 Å². The fourth-order valence-electron chi connectivity index (χ4n) is 6.63. The number of H-pyrrole nitrogens is 1. The van der Waals surface area contributed by atoms with E-state index in [0.29, 0.717) is 19.0 Å². The van der Waals surface area contributed by atoms with Crippen LogP contribution in [0, 0.1) is 0 Å². The van der Waals surface area contributed by atoms with Gasteiger partial charge in [-0.25, -0.2) is 9.78 Å². The lowest BCUT2D eigenvalue weighted by atomic mass is 10.0. The highest BCUT2D eigenvalue weighted by atomic mass is 35.5. The van der Waals surface area contributed by atoms with Crippen molar-refractivity contribution in [3.63, 3.8) is 0 Å². The molecular formula is C43H80ClN4O5-. The fourth-order valence-corrected chi connectivity index (χ4v) is 6.63. The molecule has 0 bridgehead atoms. The van der Waals surface area contributed by atoms with Crippen molar-refractivity contribution in [1.82, 2.24) is 15.3 Å². The molecule has 310 valence electrons. The molecular weight excluding hydrogens is 688 g/mol. The molecule has 0 saturated carbocycles. The number of hydrogen-bond acceptors (Lipinski definition) is 7. The molecule has 1 rings (SSSR count). The molecule has 0 aromatic carbocycles. The third-order valence-electron chi connectivity index (χ3n) is 10.0. The number of hydrogen-bond donors (Lipinski definition) is 3. The number of esters is 2. The van der Waals surface area contributed by atoms with Crippen LogP contribution in [0.25, 0.3) is 0 Å². The third kappa shape index (κ3) is 31.9. The average Bonchev–Trinajstić information content (AvgIpc) is 3.66. The molecule has 0 spiro atoms. The summed E-state index contributed by atoms with van der Waals surface area (Å²) in [7, 11) is 0. The van der Waals surface area contributed by atoms with Crippen LogP contribution in [-0.2, 0) is 30.3 Å². The summed E-state index contributed by atoms with van der Waals surface area (Å²) >= 11 is 0. The summed E-state index contributed by atoms with van der Waals surface area (Å²) < 4.78 is 11.0.